The van der Waals surface area contributed by atoms with Gasteiger partial charge in [0.15, 0.2) is 0 Å². The molecule has 3 N–H and O–H groups in total. The molecule has 0 spiro atoms. The molecule has 0 saturated carbocycles. The van der Waals surface area contributed by atoms with Crippen molar-refractivity contribution >= 4 is 18.3 Å². The summed E-state index contributed by atoms with van der Waals surface area (Å²) in [6, 6.07) is 0.309. The minimum Gasteiger partial charge on any atom is -0.352 e. The van der Waals surface area contributed by atoms with Crippen LogP contribution in [0.2, 0.25) is 0 Å². The van der Waals surface area contributed by atoms with Gasteiger partial charge in [-0.05, 0) is 46.3 Å². The quantitative estimate of drug-likeness (QED) is 0.800. The van der Waals surface area contributed by atoms with Gasteiger partial charge in [-0.15, -0.1) is 12.4 Å². The number of amides is 1. The van der Waals surface area contributed by atoms with Crippen LogP contribution in [0.25, 0.3) is 0 Å². The number of likely N-dealkylation sites (tertiary alicyclic amines) is 1. The highest BCUT2D eigenvalue weighted by molar-refractivity contribution is 5.86. The monoisotopic (exact) mass is 263 g/mol. The van der Waals surface area contributed by atoms with Crippen molar-refractivity contribution in [3.05, 3.63) is 0 Å². The molecule has 0 aliphatic carbocycles. The number of piperidine rings is 1. The van der Waals surface area contributed by atoms with Crippen LogP contribution in [0.15, 0.2) is 0 Å². The van der Waals surface area contributed by atoms with Crippen LogP contribution >= 0.6 is 12.4 Å². The number of hydrogen-bond donors (Lipinski definition) is 2. The highest BCUT2D eigenvalue weighted by Gasteiger charge is 2.29. The van der Waals surface area contributed by atoms with Gasteiger partial charge in [0, 0.05) is 6.04 Å². The molecule has 1 amide bonds. The van der Waals surface area contributed by atoms with Gasteiger partial charge in [-0.2, -0.15) is 0 Å². The number of hydrogen-bond acceptors (Lipinski definition) is 3. The topological polar surface area (TPSA) is 58.4 Å². The maximum absolute atomic E-state index is 12.0. The zero-order valence-electron chi connectivity index (χ0n) is 11.2. The Morgan fingerprint density at radius 3 is 2.47 bits per heavy atom. The normalized spacial score (nSPS) is 21.4. The van der Waals surface area contributed by atoms with Gasteiger partial charge in [0.25, 0.3) is 0 Å². The standard InChI is InChI=1S/C12H25N3O.ClH/c1-4-7-12(2,13)11(16)14-10-5-8-15(3)9-6-10;/h10H,4-9,13H2,1-3H3,(H,14,16);1H. The maximum atomic E-state index is 12.0. The van der Waals surface area contributed by atoms with E-state index in [1.165, 1.54) is 0 Å². The molecule has 102 valence electrons. The molecule has 1 fully saturated rings. The van der Waals surface area contributed by atoms with Crippen molar-refractivity contribution < 1.29 is 4.79 Å². The van der Waals surface area contributed by atoms with E-state index < -0.39 is 5.54 Å². The molecule has 1 atom stereocenters. The molecule has 0 aromatic carbocycles. The second kappa shape index (κ2) is 7.19. The van der Waals surface area contributed by atoms with E-state index in [9.17, 15) is 4.79 Å². The number of nitrogens with zero attached hydrogens (tertiary/aromatic N) is 1. The summed E-state index contributed by atoms with van der Waals surface area (Å²) in [6.45, 7) is 5.98. The molecule has 0 aromatic rings. The van der Waals surface area contributed by atoms with E-state index in [0.29, 0.717) is 6.04 Å². The van der Waals surface area contributed by atoms with Gasteiger partial charge < -0.3 is 16.0 Å². The number of carbonyl (C=O) groups is 1. The summed E-state index contributed by atoms with van der Waals surface area (Å²) >= 11 is 0. The van der Waals surface area contributed by atoms with Crippen molar-refractivity contribution in [2.24, 2.45) is 5.73 Å². The van der Waals surface area contributed by atoms with Crippen molar-refractivity contribution in [1.82, 2.24) is 10.2 Å². The van der Waals surface area contributed by atoms with Crippen LogP contribution in [0.4, 0.5) is 0 Å². The van der Waals surface area contributed by atoms with Crippen molar-refractivity contribution in [2.45, 2.75) is 51.1 Å². The Balaban J connectivity index is 0.00000256. The first-order valence-corrected chi connectivity index (χ1v) is 6.24. The summed E-state index contributed by atoms with van der Waals surface area (Å²) in [4.78, 5) is 14.2. The molecule has 0 bridgehead atoms. The summed E-state index contributed by atoms with van der Waals surface area (Å²) in [5, 5.41) is 3.07. The fraction of sp³-hybridized carbons (Fsp3) is 0.917. The summed E-state index contributed by atoms with van der Waals surface area (Å²) < 4.78 is 0. The molecule has 4 nitrogen and oxygen atoms in total. The molecule has 1 rings (SSSR count). The second-order valence-corrected chi connectivity index (χ2v) is 5.22. The SMILES string of the molecule is CCCC(C)(N)C(=O)NC1CCN(C)CC1.Cl. The van der Waals surface area contributed by atoms with Crippen molar-refractivity contribution in [1.29, 1.82) is 0 Å². The lowest BCUT2D eigenvalue weighted by molar-refractivity contribution is -0.127. The van der Waals surface area contributed by atoms with E-state index in [1.807, 2.05) is 13.8 Å². The van der Waals surface area contributed by atoms with Crippen LogP contribution in [-0.2, 0) is 4.79 Å². The average molecular weight is 264 g/mol. The number of rotatable bonds is 4. The Kier molecular flexibility index (Phi) is 7.05. The summed E-state index contributed by atoms with van der Waals surface area (Å²) in [7, 11) is 2.11. The molecular formula is C12H26ClN3O. The minimum absolute atomic E-state index is 0. The lowest BCUT2D eigenvalue weighted by atomic mass is 9.95. The molecule has 0 radical (unpaired) electrons. The molecule has 1 saturated heterocycles. The highest BCUT2D eigenvalue weighted by Crippen LogP contribution is 2.12. The molecule has 1 heterocycles. The Hall–Kier alpha value is -0.320. The van der Waals surface area contributed by atoms with E-state index in [-0.39, 0.29) is 18.3 Å². The van der Waals surface area contributed by atoms with Crippen molar-refractivity contribution in [2.75, 3.05) is 20.1 Å². The molecule has 17 heavy (non-hydrogen) atoms. The lowest BCUT2D eigenvalue weighted by Crippen LogP contribution is -2.55. The third-order valence-corrected chi connectivity index (χ3v) is 3.34. The second-order valence-electron chi connectivity index (χ2n) is 5.22. The number of nitrogens with two attached hydrogens (primary N) is 1. The van der Waals surface area contributed by atoms with Crippen molar-refractivity contribution in [3.63, 3.8) is 0 Å². The van der Waals surface area contributed by atoms with Crippen LogP contribution in [0.3, 0.4) is 0 Å². The lowest BCUT2D eigenvalue weighted by Gasteiger charge is -2.32. The number of carbonyl (C=O) groups excluding carboxylic acids is 1. The maximum Gasteiger partial charge on any atom is 0.240 e. The van der Waals surface area contributed by atoms with E-state index in [2.05, 4.69) is 17.3 Å². The molecule has 1 aliphatic heterocycles. The van der Waals surface area contributed by atoms with Gasteiger partial charge in [-0.3, -0.25) is 4.79 Å². The number of halogens is 1. The number of nitrogens with one attached hydrogen (secondary N) is 1. The smallest absolute Gasteiger partial charge is 0.240 e. The van der Waals surface area contributed by atoms with E-state index in [4.69, 9.17) is 5.73 Å². The van der Waals surface area contributed by atoms with E-state index >= 15 is 0 Å². The van der Waals surface area contributed by atoms with E-state index in [0.717, 1.165) is 38.8 Å². The first kappa shape index (κ1) is 16.7. The fourth-order valence-corrected chi connectivity index (χ4v) is 2.14. The van der Waals surface area contributed by atoms with Crippen LogP contribution in [-0.4, -0.2) is 42.5 Å². The zero-order valence-corrected chi connectivity index (χ0v) is 12.0. The fourth-order valence-electron chi connectivity index (χ4n) is 2.14. The van der Waals surface area contributed by atoms with Gasteiger partial charge in [0.05, 0.1) is 5.54 Å². The van der Waals surface area contributed by atoms with Gasteiger partial charge in [0.2, 0.25) is 5.91 Å². The van der Waals surface area contributed by atoms with Crippen LogP contribution in [0.1, 0.15) is 39.5 Å². The Labute approximate surface area is 111 Å². The Morgan fingerprint density at radius 2 is 2.00 bits per heavy atom. The van der Waals surface area contributed by atoms with Gasteiger partial charge in [-0.25, -0.2) is 0 Å². The minimum atomic E-state index is -0.710. The third kappa shape index (κ3) is 5.23. The molecule has 1 aliphatic rings. The molecule has 0 aromatic heterocycles. The Morgan fingerprint density at radius 1 is 1.47 bits per heavy atom. The van der Waals surface area contributed by atoms with Crippen LogP contribution < -0.4 is 11.1 Å². The zero-order chi connectivity index (χ0) is 12.2. The predicted octanol–water partition coefficient (Wildman–Crippen LogP) is 1.14. The van der Waals surface area contributed by atoms with Gasteiger partial charge >= 0.3 is 0 Å². The van der Waals surface area contributed by atoms with Crippen molar-refractivity contribution in [3.8, 4) is 0 Å². The first-order valence-electron chi connectivity index (χ1n) is 6.24. The third-order valence-electron chi connectivity index (χ3n) is 3.34. The van der Waals surface area contributed by atoms with Crippen LogP contribution in [0.5, 0.6) is 0 Å². The van der Waals surface area contributed by atoms with Gasteiger partial charge in [0.1, 0.15) is 0 Å². The molecular weight excluding hydrogens is 238 g/mol. The summed E-state index contributed by atoms with van der Waals surface area (Å²) in [5.41, 5.74) is 5.28. The van der Waals surface area contributed by atoms with Crippen LogP contribution in [0, 0.1) is 0 Å². The molecule has 1 unspecified atom stereocenters. The summed E-state index contributed by atoms with van der Waals surface area (Å²) in [6.07, 6.45) is 3.74. The predicted molar refractivity (Wildman–Crippen MR) is 73.4 cm³/mol. The average Bonchev–Trinajstić information content (AvgIpc) is 2.21. The highest BCUT2D eigenvalue weighted by atomic mass is 35.5. The largest absolute Gasteiger partial charge is 0.352 e. The van der Waals surface area contributed by atoms with Gasteiger partial charge in [-0.1, -0.05) is 13.3 Å². The Bertz CT molecular complexity index is 238. The van der Waals surface area contributed by atoms with E-state index in [1.54, 1.807) is 0 Å². The molecule has 5 heteroatoms. The summed E-state index contributed by atoms with van der Waals surface area (Å²) in [5.74, 6) is 0.00361. The first-order chi connectivity index (χ1) is 7.45.